The average Bonchev–Trinajstić information content (AvgIpc) is 2.80. The van der Waals surface area contributed by atoms with Gasteiger partial charge in [-0.05, 0) is 49.4 Å². The molecule has 4 aromatic rings. The van der Waals surface area contributed by atoms with Crippen molar-refractivity contribution in [1.82, 2.24) is 9.55 Å². The van der Waals surface area contributed by atoms with E-state index in [2.05, 4.69) is 4.98 Å². The summed E-state index contributed by atoms with van der Waals surface area (Å²) < 4.78 is 33.7. The summed E-state index contributed by atoms with van der Waals surface area (Å²) in [5, 5.41) is -0.0298. The number of benzene rings is 3. The fraction of sp³-hybridized carbons (Fsp3) is 0.125. The number of para-hydroxylation sites is 3. The van der Waals surface area contributed by atoms with Gasteiger partial charge in [0.05, 0.1) is 29.0 Å². The minimum Gasteiger partial charge on any atom is -0.495 e. The number of nitrogens with zero attached hydrogens (tertiary/aromatic N) is 2. The zero-order valence-electron chi connectivity index (χ0n) is 17.2. The first-order valence-electron chi connectivity index (χ1n) is 9.72. The largest absolute Gasteiger partial charge is 0.495 e. The first-order valence-corrected chi connectivity index (χ1v) is 10.6. The molecular formula is C24H18F2N2O3S. The number of methoxy groups -OCH3 is 1. The third kappa shape index (κ3) is 4.01. The maximum absolute atomic E-state index is 13.6. The molecule has 0 bridgehead atoms. The van der Waals surface area contributed by atoms with Crippen LogP contribution < -0.4 is 10.3 Å². The molecule has 3 aromatic carbocycles. The number of Topliss-reactive ketones (excluding diaryl/α,β-unsaturated/α-hetero) is 1. The molecule has 32 heavy (non-hydrogen) atoms. The fourth-order valence-electron chi connectivity index (χ4n) is 3.31. The number of carbonyl (C=O) groups is 1. The van der Waals surface area contributed by atoms with Crippen LogP contribution >= 0.6 is 11.8 Å². The van der Waals surface area contributed by atoms with Gasteiger partial charge in [-0.3, -0.25) is 14.2 Å². The van der Waals surface area contributed by atoms with Crippen LogP contribution in [0.2, 0.25) is 0 Å². The molecule has 1 heterocycles. The standard InChI is InChI=1S/C24H18F2N2O3S/c1-14(22(29)15-11-12-17(25)18(26)13-15)32-24-27-19-8-4-3-7-16(19)23(30)28(24)20-9-5-6-10-21(20)31-2/h3-14H,1-2H3. The smallest absolute Gasteiger partial charge is 0.266 e. The summed E-state index contributed by atoms with van der Waals surface area (Å²) >= 11 is 1.06. The van der Waals surface area contributed by atoms with Gasteiger partial charge in [0, 0.05) is 5.56 Å². The van der Waals surface area contributed by atoms with E-state index in [0.29, 0.717) is 22.3 Å². The summed E-state index contributed by atoms with van der Waals surface area (Å²) in [5.74, 6) is -2.07. The van der Waals surface area contributed by atoms with Gasteiger partial charge in [0.1, 0.15) is 5.75 Å². The number of halogens is 2. The molecule has 0 spiro atoms. The van der Waals surface area contributed by atoms with Gasteiger partial charge in [0.25, 0.3) is 5.56 Å². The Morgan fingerprint density at radius 1 is 1.03 bits per heavy atom. The second kappa shape index (κ2) is 8.92. The number of aromatic nitrogens is 2. The molecule has 1 aromatic heterocycles. The lowest BCUT2D eigenvalue weighted by molar-refractivity contribution is 0.0993. The van der Waals surface area contributed by atoms with Crippen molar-refractivity contribution in [3.63, 3.8) is 0 Å². The first kappa shape index (κ1) is 21.7. The zero-order chi connectivity index (χ0) is 22.8. The molecule has 0 saturated carbocycles. The van der Waals surface area contributed by atoms with Gasteiger partial charge < -0.3 is 4.74 Å². The highest BCUT2D eigenvalue weighted by molar-refractivity contribution is 8.00. The van der Waals surface area contributed by atoms with E-state index in [1.54, 1.807) is 55.5 Å². The first-order chi connectivity index (χ1) is 15.4. The number of hydrogen-bond donors (Lipinski definition) is 0. The minimum absolute atomic E-state index is 0.0378. The van der Waals surface area contributed by atoms with Crippen LogP contribution in [0.15, 0.2) is 76.7 Å². The van der Waals surface area contributed by atoms with E-state index in [1.807, 2.05) is 0 Å². The Bertz CT molecular complexity index is 1390. The van der Waals surface area contributed by atoms with Gasteiger partial charge in [-0.15, -0.1) is 0 Å². The van der Waals surface area contributed by atoms with E-state index < -0.39 is 22.7 Å². The van der Waals surface area contributed by atoms with Crippen LogP contribution in [0.25, 0.3) is 16.6 Å². The lowest BCUT2D eigenvalue weighted by atomic mass is 10.1. The quantitative estimate of drug-likeness (QED) is 0.233. The highest BCUT2D eigenvalue weighted by Crippen LogP contribution is 2.30. The fourth-order valence-corrected chi connectivity index (χ4v) is 4.31. The van der Waals surface area contributed by atoms with Gasteiger partial charge in [-0.1, -0.05) is 36.0 Å². The Hall–Kier alpha value is -3.52. The molecule has 0 saturated heterocycles. The van der Waals surface area contributed by atoms with Gasteiger partial charge in [0.2, 0.25) is 0 Å². The van der Waals surface area contributed by atoms with Crippen molar-refractivity contribution in [2.75, 3.05) is 7.11 Å². The van der Waals surface area contributed by atoms with Crippen molar-refractivity contribution in [1.29, 1.82) is 0 Å². The number of carbonyl (C=O) groups excluding carboxylic acids is 1. The molecule has 0 aliphatic carbocycles. The second-order valence-electron chi connectivity index (χ2n) is 6.98. The third-order valence-corrected chi connectivity index (χ3v) is 5.98. The Morgan fingerprint density at radius 3 is 2.50 bits per heavy atom. The molecular weight excluding hydrogens is 434 g/mol. The van der Waals surface area contributed by atoms with Crippen molar-refractivity contribution in [3.05, 3.63) is 94.3 Å². The summed E-state index contributed by atoms with van der Waals surface area (Å²) in [6.07, 6.45) is 0. The summed E-state index contributed by atoms with van der Waals surface area (Å²) in [7, 11) is 1.50. The molecule has 0 fully saturated rings. The molecule has 8 heteroatoms. The Kier molecular flexibility index (Phi) is 6.05. The third-order valence-electron chi connectivity index (χ3n) is 4.93. The van der Waals surface area contributed by atoms with Crippen LogP contribution in [0.5, 0.6) is 5.75 Å². The number of ketones is 1. The normalized spacial score (nSPS) is 12.0. The molecule has 4 rings (SSSR count). The summed E-state index contributed by atoms with van der Waals surface area (Å²) in [6.45, 7) is 1.63. The van der Waals surface area contributed by atoms with E-state index in [4.69, 9.17) is 4.74 Å². The van der Waals surface area contributed by atoms with Crippen molar-refractivity contribution in [3.8, 4) is 11.4 Å². The lowest BCUT2D eigenvalue weighted by Crippen LogP contribution is -2.24. The molecule has 1 atom stereocenters. The van der Waals surface area contributed by atoms with Crippen LogP contribution in [0.3, 0.4) is 0 Å². The summed E-state index contributed by atoms with van der Waals surface area (Å²) in [6, 6.07) is 16.9. The predicted octanol–water partition coefficient (Wildman–Crippen LogP) is 5.04. The molecule has 0 N–H and O–H groups in total. The predicted molar refractivity (Wildman–Crippen MR) is 120 cm³/mol. The Morgan fingerprint density at radius 2 is 1.75 bits per heavy atom. The molecule has 0 aliphatic rings. The van der Waals surface area contributed by atoms with Crippen LogP contribution in [-0.2, 0) is 0 Å². The van der Waals surface area contributed by atoms with Gasteiger partial charge in [-0.25, -0.2) is 13.8 Å². The molecule has 0 radical (unpaired) electrons. The van der Waals surface area contributed by atoms with Crippen molar-refractivity contribution >= 4 is 28.4 Å². The SMILES string of the molecule is COc1ccccc1-n1c(SC(C)C(=O)c2ccc(F)c(F)c2)nc2ccccc2c1=O. The zero-order valence-corrected chi connectivity index (χ0v) is 18.0. The molecule has 0 aliphatic heterocycles. The van der Waals surface area contributed by atoms with E-state index in [1.165, 1.54) is 17.7 Å². The van der Waals surface area contributed by atoms with E-state index >= 15 is 0 Å². The molecule has 5 nitrogen and oxygen atoms in total. The van der Waals surface area contributed by atoms with Crippen molar-refractivity contribution < 1.29 is 18.3 Å². The number of ether oxygens (including phenoxy) is 1. The van der Waals surface area contributed by atoms with Crippen LogP contribution in [0, 0.1) is 11.6 Å². The van der Waals surface area contributed by atoms with Crippen LogP contribution in [0.4, 0.5) is 8.78 Å². The highest BCUT2D eigenvalue weighted by Gasteiger charge is 2.23. The molecule has 1 unspecified atom stereocenters. The highest BCUT2D eigenvalue weighted by atomic mass is 32.2. The summed E-state index contributed by atoms with van der Waals surface area (Å²) in [5.41, 5.74) is 0.692. The topological polar surface area (TPSA) is 61.2 Å². The monoisotopic (exact) mass is 452 g/mol. The van der Waals surface area contributed by atoms with Crippen molar-refractivity contribution in [2.24, 2.45) is 0 Å². The number of thioether (sulfide) groups is 1. The average molecular weight is 452 g/mol. The Labute approximate surface area is 186 Å². The number of fused-ring (bicyclic) bond motifs is 1. The van der Waals surface area contributed by atoms with Crippen molar-refractivity contribution in [2.45, 2.75) is 17.3 Å². The number of hydrogen-bond acceptors (Lipinski definition) is 5. The maximum atomic E-state index is 13.6. The lowest BCUT2D eigenvalue weighted by Gasteiger charge is -2.17. The van der Waals surface area contributed by atoms with Gasteiger partial charge in [0.15, 0.2) is 22.6 Å². The van der Waals surface area contributed by atoms with E-state index in [-0.39, 0.29) is 16.3 Å². The Balaban J connectivity index is 1.83. The van der Waals surface area contributed by atoms with E-state index in [0.717, 1.165) is 23.9 Å². The van der Waals surface area contributed by atoms with E-state index in [9.17, 15) is 18.4 Å². The number of rotatable bonds is 6. The van der Waals surface area contributed by atoms with Crippen LogP contribution in [0.1, 0.15) is 17.3 Å². The second-order valence-corrected chi connectivity index (χ2v) is 8.29. The minimum atomic E-state index is -1.09. The molecule has 0 amide bonds. The summed E-state index contributed by atoms with van der Waals surface area (Å²) in [4.78, 5) is 30.9. The van der Waals surface area contributed by atoms with Crippen LogP contribution in [-0.4, -0.2) is 27.7 Å². The maximum Gasteiger partial charge on any atom is 0.266 e. The van der Waals surface area contributed by atoms with Gasteiger partial charge >= 0.3 is 0 Å². The van der Waals surface area contributed by atoms with Gasteiger partial charge in [-0.2, -0.15) is 0 Å². The molecule has 162 valence electrons.